The van der Waals surface area contributed by atoms with Crippen LogP contribution in [-0.4, -0.2) is 9.38 Å². The topological polar surface area (TPSA) is 34.4 Å². The molecule has 3 nitrogen and oxygen atoms in total. The third-order valence-corrected chi connectivity index (χ3v) is 3.01. The second kappa shape index (κ2) is 4.52. The highest BCUT2D eigenvalue weighted by molar-refractivity contribution is 6.30. The molecule has 2 aromatic rings. The van der Waals surface area contributed by atoms with Crippen molar-refractivity contribution in [2.75, 3.05) is 0 Å². The maximum absolute atomic E-state index is 12.6. The number of fused-ring (bicyclic) bond motifs is 1. The van der Waals surface area contributed by atoms with Crippen LogP contribution in [0.1, 0.15) is 30.9 Å². The van der Waals surface area contributed by atoms with E-state index in [1.165, 1.54) is 0 Å². The van der Waals surface area contributed by atoms with Gasteiger partial charge in [-0.1, -0.05) is 25.4 Å². The van der Waals surface area contributed by atoms with Crippen molar-refractivity contribution in [3.05, 3.63) is 45.0 Å². The van der Waals surface area contributed by atoms with E-state index >= 15 is 0 Å². The molecule has 0 spiro atoms. The monoisotopic (exact) mass is 290 g/mol. The number of halogens is 4. The lowest BCUT2D eigenvalue weighted by Gasteiger charge is -2.11. The Kier molecular flexibility index (Phi) is 3.30. The Hall–Kier alpha value is -1.56. The van der Waals surface area contributed by atoms with Crippen LogP contribution in [-0.2, 0) is 6.18 Å². The van der Waals surface area contributed by atoms with E-state index in [0.717, 1.165) is 22.7 Å². The van der Waals surface area contributed by atoms with Gasteiger partial charge in [-0.15, -0.1) is 0 Å². The smallest absolute Gasteiger partial charge is 0.269 e. The summed E-state index contributed by atoms with van der Waals surface area (Å²) in [5.41, 5.74) is -1.14. The summed E-state index contributed by atoms with van der Waals surface area (Å²) in [5, 5.41) is -0.0562. The van der Waals surface area contributed by atoms with Crippen molar-refractivity contribution in [1.82, 2.24) is 9.38 Å². The SMILES string of the molecule is CC(C)c1c(Cl)nc2cc(C(F)(F)F)ccn2c1=O. The molecule has 0 amide bonds. The van der Waals surface area contributed by atoms with Gasteiger partial charge in [0.1, 0.15) is 10.8 Å². The summed E-state index contributed by atoms with van der Waals surface area (Å²) in [6.45, 7) is 3.53. The average Bonchev–Trinajstić information content (AvgIpc) is 2.26. The van der Waals surface area contributed by atoms with E-state index in [4.69, 9.17) is 11.6 Å². The quantitative estimate of drug-likeness (QED) is 0.754. The number of aromatic nitrogens is 2. The molecule has 0 N–H and O–H groups in total. The lowest BCUT2D eigenvalue weighted by Crippen LogP contribution is -2.22. The van der Waals surface area contributed by atoms with Gasteiger partial charge in [0.05, 0.1) is 11.1 Å². The molecular weight excluding hydrogens is 281 g/mol. The highest BCUT2D eigenvalue weighted by Crippen LogP contribution is 2.29. The summed E-state index contributed by atoms with van der Waals surface area (Å²) >= 11 is 5.86. The molecule has 102 valence electrons. The van der Waals surface area contributed by atoms with Crippen molar-refractivity contribution in [3.8, 4) is 0 Å². The lowest BCUT2D eigenvalue weighted by molar-refractivity contribution is -0.137. The maximum atomic E-state index is 12.6. The fourth-order valence-corrected chi connectivity index (χ4v) is 2.17. The summed E-state index contributed by atoms with van der Waals surface area (Å²) < 4.78 is 38.8. The molecule has 7 heteroatoms. The first-order valence-electron chi connectivity index (χ1n) is 5.51. The molecular formula is C12H10ClF3N2O. The Bertz CT molecular complexity index is 692. The Balaban J connectivity index is 2.78. The number of nitrogens with zero attached hydrogens (tertiary/aromatic N) is 2. The summed E-state index contributed by atoms with van der Waals surface area (Å²) in [6, 6.07) is 1.64. The molecule has 19 heavy (non-hydrogen) atoms. The Morgan fingerprint density at radius 1 is 1.37 bits per heavy atom. The van der Waals surface area contributed by atoms with Gasteiger partial charge in [-0.3, -0.25) is 9.20 Å². The summed E-state index contributed by atoms with van der Waals surface area (Å²) in [5.74, 6) is -0.160. The van der Waals surface area contributed by atoms with E-state index < -0.39 is 17.3 Å². The molecule has 0 aromatic carbocycles. The van der Waals surface area contributed by atoms with Crippen molar-refractivity contribution < 1.29 is 13.2 Å². The van der Waals surface area contributed by atoms with E-state index in [9.17, 15) is 18.0 Å². The van der Waals surface area contributed by atoms with Crippen LogP contribution in [0.4, 0.5) is 13.2 Å². The lowest BCUT2D eigenvalue weighted by atomic mass is 10.1. The number of alkyl halides is 3. The largest absolute Gasteiger partial charge is 0.416 e. The van der Waals surface area contributed by atoms with Gasteiger partial charge in [0.25, 0.3) is 5.56 Å². The fourth-order valence-electron chi connectivity index (χ4n) is 1.79. The minimum absolute atomic E-state index is 0.0562. The molecule has 2 aromatic heterocycles. The number of rotatable bonds is 1. The molecule has 0 atom stereocenters. The molecule has 0 radical (unpaired) electrons. The van der Waals surface area contributed by atoms with Crippen LogP contribution in [0.2, 0.25) is 5.15 Å². The van der Waals surface area contributed by atoms with Crippen LogP contribution in [0.15, 0.2) is 23.1 Å². The second-order valence-corrected chi connectivity index (χ2v) is 4.78. The Labute approximate surface area is 111 Å². The van der Waals surface area contributed by atoms with Crippen LogP contribution >= 0.6 is 11.6 Å². The van der Waals surface area contributed by atoms with Crippen LogP contribution < -0.4 is 5.56 Å². The molecule has 2 heterocycles. The third-order valence-electron chi connectivity index (χ3n) is 2.72. The molecule has 0 bridgehead atoms. The van der Waals surface area contributed by atoms with E-state index in [-0.39, 0.29) is 16.7 Å². The van der Waals surface area contributed by atoms with Crippen molar-refractivity contribution in [3.63, 3.8) is 0 Å². The second-order valence-electron chi connectivity index (χ2n) is 4.42. The van der Waals surface area contributed by atoms with E-state index in [1.54, 1.807) is 13.8 Å². The van der Waals surface area contributed by atoms with Crippen LogP contribution in [0.3, 0.4) is 0 Å². The molecule has 2 rings (SSSR count). The minimum atomic E-state index is -4.48. The predicted molar refractivity (Wildman–Crippen MR) is 65.6 cm³/mol. The van der Waals surface area contributed by atoms with Crippen molar-refractivity contribution in [1.29, 1.82) is 0 Å². The summed E-state index contributed by atoms with van der Waals surface area (Å²) in [6.07, 6.45) is -3.42. The first-order valence-corrected chi connectivity index (χ1v) is 5.88. The van der Waals surface area contributed by atoms with E-state index in [0.29, 0.717) is 5.56 Å². The minimum Gasteiger partial charge on any atom is -0.269 e. The predicted octanol–water partition coefficient (Wildman–Crippen LogP) is 3.49. The van der Waals surface area contributed by atoms with Crippen molar-refractivity contribution >= 4 is 17.2 Å². The molecule has 0 unspecified atom stereocenters. The molecule has 0 aliphatic carbocycles. The number of hydrogen-bond donors (Lipinski definition) is 0. The van der Waals surface area contributed by atoms with Crippen LogP contribution in [0, 0.1) is 0 Å². The molecule has 0 aliphatic rings. The summed E-state index contributed by atoms with van der Waals surface area (Å²) in [4.78, 5) is 16.0. The zero-order chi connectivity index (χ0) is 14.4. The first kappa shape index (κ1) is 13.9. The van der Waals surface area contributed by atoms with Gasteiger partial charge < -0.3 is 0 Å². The molecule has 0 saturated heterocycles. The van der Waals surface area contributed by atoms with Gasteiger partial charge in [-0.25, -0.2) is 4.98 Å². The zero-order valence-electron chi connectivity index (χ0n) is 10.1. The number of hydrogen-bond acceptors (Lipinski definition) is 2. The fraction of sp³-hybridized carbons (Fsp3) is 0.333. The van der Waals surface area contributed by atoms with Gasteiger partial charge in [0, 0.05) is 6.20 Å². The highest BCUT2D eigenvalue weighted by atomic mass is 35.5. The molecule has 0 aliphatic heterocycles. The average molecular weight is 291 g/mol. The van der Waals surface area contributed by atoms with E-state index in [2.05, 4.69) is 4.98 Å². The Morgan fingerprint density at radius 2 is 2.00 bits per heavy atom. The third kappa shape index (κ3) is 2.45. The van der Waals surface area contributed by atoms with Crippen molar-refractivity contribution in [2.24, 2.45) is 0 Å². The van der Waals surface area contributed by atoms with Crippen LogP contribution in [0.5, 0.6) is 0 Å². The van der Waals surface area contributed by atoms with Gasteiger partial charge in [-0.2, -0.15) is 13.2 Å². The summed E-state index contributed by atoms with van der Waals surface area (Å²) in [7, 11) is 0. The maximum Gasteiger partial charge on any atom is 0.416 e. The molecule has 0 fully saturated rings. The zero-order valence-corrected chi connectivity index (χ0v) is 10.9. The normalized spacial score (nSPS) is 12.4. The number of pyridine rings is 1. The first-order chi connectivity index (χ1) is 8.71. The highest BCUT2D eigenvalue weighted by Gasteiger charge is 2.31. The van der Waals surface area contributed by atoms with Crippen LogP contribution in [0.25, 0.3) is 5.65 Å². The standard InChI is InChI=1S/C12H10ClF3N2O/c1-6(2)9-10(13)17-8-5-7(12(14,15)16)3-4-18(8)11(9)19/h3-6H,1-2H3. The van der Waals surface area contributed by atoms with Gasteiger partial charge in [-0.05, 0) is 18.1 Å². The Morgan fingerprint density at radius 3 is 2.53 bits per heavy atom. The van der Waals surface area contributed by atoms with Gasteiger partial charge in [0.2, 0.25) is 0 Å². The van der Waals surface area contributed by atoms with Gasteiger partial charge >= 0.3 is 6.18 Å². The van der Waals surface area contributed by atoms with Gasteiger partial charge in [0.15, 0.2) is 0 Å². The molecule has 0 saturated carbocycles. The van der Waals surface area contributed by atoms with E-state index in [1.807, 2.05) is 0 Å². The van der Waals surface area contributed by atoms with Crippen molar-refractivity contribution in [2.45, 2.75) is 25.9 Å².